The van der Waals surface area contributed by atoms with E-state index in [-0.39, 0.29) is 5.82 Å². The summed E-state index contributed by atoms with van der Waals surface area (Å²) >= 11 is 0. The van der Waals surface area contributed by atoms with E-state index in [1.807, 2.05) is 33.0 Å². The average Bonchev–Trinajstić information content (AvgIpc) is 2.43. The Kier molecular flexibility index (Phi) is 4.69. The Morgan fingerprint density at radius 2 is 1.95 bits per heavy atom. The molecule has 1 heterocycles. The van der Waals surface area contributed by atoms with Gasteiger partial charge in [0.25, 0.3) is 0 Å². The summed E-state index contributed by atoms with van der Waals surface area (Å²) in [6.07, 6.45) is 0.791. The summed E-state index contributed by atoms with van der Waals surface area (Å²) in [6.45, 7) is 4.54. The second-order valence-corrected chi connectivity index (χ2v) is 4.64. The van der Waals surface area contributed by atoms with Crippen molar-refractivity contribution in [3.63, 3.8) is 0 Å². The molecule has 0 saturated heterocycles. The maximum absolute atomic E-state index is 13.3. The van der Waals surface area contributed by atoms with Crippen molar-refractivity contribution in [2.75, 3.05) is 7.05 Å². The molecule has 20 heavy (non-hydrogen) atoms. The molecule has 0 bridgehead atoms. The molecule has 1 aromatic carbocycles. The van der Waals surface area contributed by atoms with Crippen LogP contribution in [0.25, 0.3) is 0 Å². The smallest absolute Gasteiger partial charge is 0.148 e. The number of ether oxygens (including phenoxy) is 1. The molecule has 2 rings (SSSR count). The second-order valence-electron chi connectivity index (χ2n) is 4.64. The highest BCUT2D eigenvalue weighted by Crippen LogP contribution is 2.28. The highest BCUT2D eigenvalue weighted by molar-refractivity contribution is 5.40. The van der Waals surface area contributed by atoms with Gasteiger partial charge in [-0.25, -0.2) is 4.39 Å². The van der Waals surface area contributed by atoms with Crippen molar-refractivity contribution in [1.29, 1.82) is 0 Å². The fourth-order valence-electron chi connectivity index (χ4n) is 2.04. The van der Waals surface area contributed by atoms with Crippen molar-refractivity contribution in [3.8, 4) is 11.5 Å². The zero-order chi connectivity index (χ0) is 14.5. The molecule has 0 saturated carbocycles. The van der Waals surface area contributed by atoms with Gasteiger partial charge in [0.1, 0.15) is 17.3 Å². The maximum Gasteiger partial charge on any atom is 0.148 e. The van der Waals surface area contributed by atoms with Crippen LogP contribution in [0.2, 0.25) is 0 Å². The van der Waals surface area contributed by atoms with E-state index in [2.05, 4.69) is 10.3 Å². The zero-order valence-corrected chi connectivity index (χ0v) is 12.0. The van der Waals surface area contributed by atoms with Crippen LogP contribution in [-0.2, 0) is 13.0 Å². The largest absolute Gasteiger partial charge is 0.455 e. The minimum Gasteiger partial charge on any atom is -0.455 e. The summed E-state index contributed by atoms with van der Waals surface area (Å²) < 4.78 is 19.2. The number of aromatic nitrogens is 1. The Hall–Kier alpha value is -1.94. The monoisotopic (exact) mass is 274 g/mol. The Morgan fingerprint density at radius 3 is 2.65 bits per heavy atom. The molecule has 3 nitrogen and oxygen atoms in total. The molecular weight excluding hydrogens is 255 g/mol. The third-order valence-electron chi connectivity index (χ3n) is 3.02. The average molecular weight is 274 g/mol. The third kappa shape index (κ3) is 3.33. The van der Waals surface area contributed by atoms with Gasteiger partial charge in [0, 0.05) is 17.8 Å². The van der Waals surface area contributed by atoms with Crippen LogP contribution in [0.1, 0.15) is 23.9 Å². The molecule has 1 aromatic heterocycles. The van der Waals surface area contributed by atoms with E-state index in [0.29, 0.717) is 12.3 Å². The van der Waals surface area contributed by atoms with Crippen LogP contribution in [-0.4, -0.2) is 12.0 Å². The molecule has 0 aliphatic carbocycles. The standard InChI is InChI=1S/C16H19FN2O/c1-4-14-16(7-5-11(2)19-14)20-15-8-6-13(17)9-12(15)10-18-3/h5-9,18H,4,10H2,1-3H3. The molecule has 0 radical (unpaired) electrons. The molecule has 0 spiro atoms. The van der Waals surface area contributed by atoms with Crippen LogP contribution in [0.5, 0.6) is 11.5 Å². The Labute approximate surface area is 118 Å². The third-order valence-corrected chi connectivity index (χ3v) is 3.02. The molecule has 1 N–H and O–H groups in total. The molecule has 0 aliphatic heterocycles. The predicted molar refractivity (Wildman–Crippen MR) is 77.6 cm³/mol. The number of benzene rings is 1. The molecule has 0 unspecified atom stereocenters. The maximum atomic E-state index is 13.3. The van der Waals surface area contributed by atoms with E-state index >= 15 is 0 Å². The van der Waals surface area contributed by atoms with Gasteiger partial charge in [-0.15, -0.1) is 0 Å². The van der Waals surface area contributed by atoms with Gasteiger partial charge in [-0.05, 0) is 50.7 Å². The van der Waals surface area contributed by atoms with E-state index in [9.17, 15) is 4.39 Å². The lowest BCUT2D eigenvalue weighted by Crippen LogP contribution is -2.07. The van der Waals surface area contributed by atoms with E-state index in [1.54, 1.807) is 6.07 Å². The molecule has 0 aliphatic rings. The number of hydrogen-bond donors (Lipinski definition) is 1. The van der Waals surface area contributed by atoms with Gasteiger partial charge in [0.15, 0.2) is 0 Å². The van der Waals surface area contributed by atoms with Crippen LogP contribution < -0.4 is 10.1 Å². The summed E-state index contributed by atoms with van der Waals surface area (Å²) in [6, 6.07) is 8.37. The van der Waals surface area contributed by atoms with Crippen molar-refractivity contribution in [3.05, 3.63) is 53.1 Å². The highest BCUT2D eigenvalue weighted by Gasteiger charge is 2.09. The highest BCUT2D eigenvalue weighted by atomic mass is 19.1. The van der Waals surface area contributed by atoms with Gasteiger partial charge in [-0.1, -0.05) is 6.92 Å². The van der Waals surface area contributed by atoms with Gasteiger partial charge in [0.2, 0.25) is 0 Å². The van der Waals surface area contributed by atoms with E-state index < -0.39 is 0 Å². The molecular formula is C16H19FN2O. The molecule has 0 fully saturated rings. The first kappa shape index (κ1) is 14.5. The van der Waals surface area contributed by atoms with Gasteiger partial charge >= 0.3 is 0 Å². The van der Waals surface area contributed by atoms with Crippen LogP contribution in [0, 0.1) is 12.7 Å². The van der Waals surface area contributed by atoms with Crippen LogP contribution >= 0.6 is 0 Å². The summed E-state index contributed by atoms with van der Waals surface area (Å²) in [5, 5.41) is 3.01. The molecule has 4 heteroatoms. The summed E-state index contributed by atoms with van der Waals surface area (Å²) in [5.74, 6) is 1.11. The van der Waals surface area contributed by atoms with Crippen LogP contribution in [0.15, 0.2) is 30.3 Å². The van der Waals surface area contributed by atoms with Crippen molar-refractivity contribution in [1.82, 2.24) is 10.3 Å². The van der Waals surface area contributed by atoms with Crippen molar-refractivity contribution in [2.24, 2.45) is 0 Å². The number of aryl methyl sites for hydroxylation is 2. The number of halogens is 1. The fourth-order valence-corrected chi connectivity index (χ4v) is 2.04. The minimum absolute atomic E-state index is 0.264. The SMILES string of the molecule is CCc1nc(C)ccc1Oc1ccc(F)cc1CNC. The lowest BCUT2D eigenvalue weighted by Gasteiger charge is -2.13. The van der Waals surface area contributed by atoms with Crippen molar-refractivity contribution in [2.45, 2.75) is 26.8 Å². The van der Waals surface area contributed by atoms with Crippen LogP contribution in [0.3, 0.4) is 0 Å². The van der Waals surface area contributed by atoms with Crippen molar-refractivity contribution < 1.29 is 9.13 Å². The first-order valence-corrected chi connectivity index (χ1v) is 6.71. The van der Waals surface area contributed by atoms with E-state index in [0.717, 1.165) is 29.1 Å². The summed E-state index contributed by atoms with van der Waals surface area (Å²) in [7, 11) is 1.82. The Morgan fingerprint density at radius 1 is 1.20 bits per heavy atom. The second kappa shape index (κ2) is 6.48. The van der Waals surface area contributed by atoms with E-state index in [1.165, 1.54) is 12.1 Å². The number of nitrogens with one attached hydrogen (secondary N) is 1. The lowest BCUT2D eigenvalue weighted by molar-refractivity contribution is 0.462. The minimum atomic E-state index is -0.264. The van der Waals surface area contributed by atoms with Crippen molar-refractivity contribution >= 4 is 0 Å². The number of pyridine rings is 1. The zero-order valence-electron chi connectivity index (χ0n) is 12.0. The van der Waals surface area contributed by atoms with Gasteiger partial charge in [-0.2, -0.15) is 0 Å². The Bertz CT molecular complexity index is 599. The molecule has 0 atom stereocenters. The first-order valence-electron chi connectivity index (χ1n) is 6.71. The molecule has 106 valence electrons. The Balaban J connectivity index is 2.34. The van der Waals surface area contributed by atoms with Gasteiger partial charge in [-0.3, -0.25) is 4.98 Å². The molecule has 0 amide bonds. The number of hydrogen-bond acceptors (Lipinski definition) is 3. The fraction of sp³-hybridized carbons (Fsp3) is 0.312. The lowest BCUT2D eigenvalue weighted by atomic mass is 10.2. The summed E-state index contributed by atoms with van der Waals surface area (Å²) in [4.78, 5) is 4.47. The first-order chi connectivity index (χ1) is 9.63. The number of nitrogens with zero attached hydrogens (tertiary/aromatic N) is 1. The topological polar surface area (TPSA) is 34.1 Å². The normalized spacial score (nSPS) is 10.6. The predicted octanol–water partition coefficient (Wildman–Crippen LogP) is 3.60. The van der Waals surface area contributed by atoms with Gasteiger partial charge < -0.3 is 10.1 Å². The van der Waals surface area contributed by atoms with Crippen LogP contribution in [0.4, 0.5) is 4.39 Å². The van der Waals surface area contributed by atoms with E-state index in [4.69, 9.17) is 4.74 Å². The summed E-state index contributed by atoms with van der Waals surface area (Å²) in [5.41, 5.74) is 2.66. The molecule has 2 aromatic rings. The quantitative estimate of drug-likeness (QED) is 0.904. The van der Waals surface area contributed by atoms with Gasteiger partial charge in [0.05, 0.1) is 5.69 Å². The number of rotatable bonds is 5.